The molecule has 3 rings (SSSR count). The first-order valence-electron chi connectivity index (χ1n) is 7.40. The first kappa shape index (κ1) is 16.2. The molecule has 0 saturated heterocycles. The smallest absolute Gasteiger partial charge is 0.265 e. The molecule has 0 spiro atoms. The van der Waals surface area contributed by atoms with Gasteiger partial charge in [-0.3, -0.25) is 9.48 Å². The zero-order chi connectivity index (χ0) is 17.1. The van der Waals surface area contributed by atoms with Crippen molar-refractivity contribution in [3.8, 4) is 11.6 Å². The molecule has 2 aromatic heterocycles. The number of halogens is 1. The first-order valence-corrected chi connectivity index (χ1v) is 7.78. The number of aryl methyl sites for hydroxylation is 3. The predicted molar refractivity (Wildman–Crippen MR) is 89.6 cm³/mol. The number of nitrogens with zero attached hydrogens (tertiary/aromatic N) is 4. The summed E-state index contributed by atoms with van der Waals surface area (Å²) >= 11 is 5.81. The molecule has 0 aliphatic carbocycles. The Kier molecular flexibility index (Phi) is 4.61. The zero-order valence-corrected chi connectivity index (χ0v) is 14.0. The summed E-state index contributed by atoms with van der Waals surface area (Å²) in [5, 5.41) is 15.6. The molecule has 0 unspecified atom stereocenters. The van der Waals surface area contributed by atoms with E-state index in [1.807, 2.05) is 20.0 Å². The van der Waals surface area contributed by atoms with Crippen LogP contribution in [0.2, 0.25) is 5.02 Å². The van der Waals surface area contributed by atoms with E-state index in [0.717, 1.165) is 11.4 Å². The van der Waals surface area contributed by atoms with Gasteiger partial charge in [0.15, 0.2) is 0 Å². The molecule has 1 N–H and O–H groups in total. The summed E-state index contributed by atoms with van der Waals surface area (Å²) in [4.78, 5) is 12.0. The van der Waals surface area contributed by atoms with Crippen LogP contribution in [0.15, 0.2) is 34.7 Å². The molecule has 0 radical (unpaired) electrons. The van der Waals surface area contributed by atoms with Gasteiger partial charge in [0.05, 0.1) is 5.69 Å². The number of nitrogens with one attached hydrogen (secondary N) is 1. The van der Waals surface area contributed by atoms with Crippen molar-refractivity contribution in [2.75, 3.05) is 5.32 Å². The van der Waals surface area contributed by atoms with Gasteiger partial charge in [0.25, 0.3) is 5.89 Å². The summed E-state index contributed by atoms with van der Waals surface area (Å²) < 4.78 is 7.28. The minimum absolute atomic E-state index is 0.131. The van der Waals surface area contributed by atoms with E-state index in [2.05, 4.69) is 20.6 Å². The third kappa shape index (κ3) is 3.80. The lowest BCUT2D eigenvalue weighted by atomic mass is 10.2. The fraction of sp³-hybridized carbons (Fsp3) is 0.250. The highest BCUT2D eigenvalue weighted by Gasteiger charge is 2.14. The number of anilines is 1. The summed E-state index contributed by atoms with van der Waals surface area (Å²) in [5.41, 5.74) is 2.31. The molecule has 0 fully saturated rings. The van der Waals surface area contributed by atoms with Crippen molar-refractivity contribution in [1.82, 2.24) is 20.0 Å². The van der Waals surface area contributed by atoms with Crippen molar-refractivity contribution < 1.29 is 9.21 Å². The maximum Gasteiger partial charge on any atom is 0.265 e. The lowest BCUT2D eigenvalue weighted by Gasteiger charge is -2.03. The standard InChI is InChI=1S/C16H16ClN5O2/c1-10-9-13(22(2)21-10)16-20-19-15(24-16)8-7-14(23)18-12-5-3-11(17)4-6-12/h3-6,9H,7-8H2,1-2H3,(H,18,23). The normalized spacial score (nSPS) is 10.8. The Morgan fingerprint density at radius 1 is 1.29 bits per heavy atom. The van der Waals surface area contributed by atoms with E-state index in [0.29, 0.717) is 28.9 Å². The lowest BCUT2D eigenvalue weighted by molar-refractivity contribution is -0.116. The lowest BCUT2D eigenvalue weighted by Crippen LogP contribution is -2.12. The topological polar surface area (TPSA) is 85.8 Å². The van der Waals surface area contributed by atoms with Crippen LogP contribution in [0.3, 0.4) is 0 Å². The predicted octanol–water partition coefficient (Wildman–Crippen LogP) is 3.00. The van der Waals surface area contributed by atoms with Gasteiger partial charge in [-0.05, 0) is 37.3 Å². The van der Waals surface area contributed by atoms with Gasteiger partial charge < -0.3 is 9.73 Å². The van der Waals surface area contributed by atoms with Crippen LogP contribution in [0.5, 0.6) is 0 Å². The van der Waals surface area contributed by atoms with Crippen molar-refractivity contribution in [2.45, 2.75) is 19.8 Å². The van der Waals surface area contributed by atoms with Crippen LogP contribution >= 0.6 is 11.6 Å². The maximum absolute atomic E-state index is 12.0. The second-order valence-corrected chi connectivity index (χ2v) is 5.79. The molecule has 0 aliphatic heterocycles. The molecule has 0 atom stereocenters. The van der Waals surface area contributed by atoms with Gasteiger partial charge in [-0.1, -0.05) is 11.6 Å². The summed E-state index contributed by atoms with van der Waals surface area (Å²) in [5.74, 6) is 0.676. The van der Waals surface area contributed by atoms with Crippen molar-refractivity contribution in [1.29, 1.82) is 0 Å². The number of aromatic nitrogens is 4. The van der Waals surface area contributed by atoms with E-state index in [-0.39, 0.29) is 12.3 Å². The molecule has 1 aromatic carbocycles. The number of benzene rings is 1. The molecule has 0 bridgehead atoms. The van der Waals surface area contributed by atoms with Crippen LogP contribution < -0.4 is 5.32 Å². The summed E-state index contributed by atoms with van der Waals surface area (Å²) in [6, 6.07) is 8.80. The highest BCUT2D eigenvalue weighted by Crippen LogP contribution is 2.19. The quantitative estimate of drug-likeness (QED) is 0.768. The van der Waals surface area contributed by atoms with E-state index >= 15 is 0 Å². The second-order valence-electron chi connectivity index (χ2n) is 5.35. The molecule has 0 saturated carbocycles. The SMILES string of the molecule is Cc1cc(-c2nnc(CCC(=O)Nc3ccc(Cl)cc3)o2)n(C)n1. The van der Waals surface area contributed by atoms with Crippen LogP contribution in [0, 0.1) is 6.92 Å². The molecule has 7 nitrogen and oxygen atoms in total. The third-order valence-electron chi connectivity index (χ3n) is 3.38. The molecule has 24 heavy (non-hydrogen) atoms. The Morgan fingerprint density at radius 2 is 2.04 bits per heavy atom. The Labute approximate surface area is 143 Å². The van der Waals surface area contributed by atoms with Crippen LogP contribution in [-0.2, 0) is 18.3 Å². The van der Waals surface area contributed by atoms with Crippen LogP contribution in [0.1, 0.15) is 18.0 Å². The second kappa shape index (κ2) is 6.84. The van der Waals surface area contributed by atoms with E-state index < -0.39 is 0 Å². The molecular formula is C16H16ClN5O2. The molecule has 2 heterocycles. The van der Waals surface area contributed by atoms with Crippen molar-refractivity contribution >= 4 is 23.2 Å². The minimum atomic E-state index is -0.131. The van der Waals surface area contributed by atoms with Gasteiger partial charge >= 0.3 is 0 Å². The number of hydrogen-bond donors (Lipinski definition) is 1. The molecule has 0 aliphatic rings. The average molecular weight is 346 g/mol. The van der Waals surface area contributed by atoms with Gasteiger partial charge in [0.2, 0.25) is 11.8 Å². The van der Waals surface area contributed by atoms with Crippen molar-refractivity contribution in [3.63, 3.8) is 0 Å². The number of carbonyl (C=O) groups excluding carboxylic acids is 1. The van der Waals surface area contributed by atoms with E-state index in [9.17, 15) is 4.79 Å². The fourth-order valence-corrected chi connectivity index (χ4v) is 2.37. The number of amides is 1. The maximum atomic E-state index is 12.0. The summed E-state index contributed by atoms with van der Waals surface area (Å²) in [6.07, 6.45) is 0.609. The molecule has 124 valence electrons. The molecular weight excluding hydrogens is 330 g/mol. The van der Waals surface area contributed by atoms with E-state index in [1.165, 1.54) is 0 Å². The Hall–Kier alpha value is -2.67. The summed E-state index contributed by atoms with van der Waals surface area (Å²) in [6.45, 7) is 1.89. The Morgan fingerprint density at radius 3 is 2.71 bits per heavy atom. The third-order valence-corrected chi connectivity index (χ3v) is 3.63. The zero-order valence-electron chi connectivity index (χ0n) is 13.3. The number of rotatable bonds is 5. The first-order chi connectivity index (χ1) is 11.5. The van der Waals surface area contributed by atoms with Gasteiger partial charge in [0, 0.05) is 30.6 Å². The minimum Gasteiger partial charge on any atom is -0.419 e. The van der Waals surface area contributed by atoms with E-state index in [1.54, 1.807) is 28.9 Å². The highest BCUT2D eigenvalue weighted by molar-refractivity contribution is 6.30. The Balaban J connectivity index is 1.58. The number of hydrogen-bond acceptors (Lipinski definition) is 5. The van der Waals surface area contributed by atoms with Crippen molar-refractivity contribution in [2.24, 2.45) is 7.05 Å². The Bertz CT molecular complexity index is 854. The molecule has 1 amide bonds. The van der Waals surface area contributed by atoms with Crippen molar-refractivity contribution in [3.05, 3.63) is 46.9 Å². The largest absolute Gasteiger partial charge is 0.419 e. The average Bonchev–Trinajstić information content (AvgIpc) is 3.13. The number of carbonyl (C=O) groups is 1. The van der Waals surface area contributed by atoms with Crippen LogP contribution in [0.4, 0.5) is 5.69 Å². The molecule has 8 heteroatoms. The van der Waals surface area contributed by atoms with Crippen LogP contribution in [0.25, 0.3) is 11.6 Å². The monoisotopic (exact) mass is 345 g/mol. The molecule has 3 aromatic rings. The van der Waals surface area contributed by atoms with E-state index in [4.69, 9.17) is 16.0 Å². The van der Waals surface area contributed by atoms with Crippen LogP contribution in [-0.4, -0.2) is 25.9 Å². The van der Waals surface area contributed by atoms with Gasteiger partial charge in [-0.25, -0.2) is 0 Å². The van der Waals surface area contributed by atoms with Gasteiger partial charge in [-0.15, -0.1) is 10.2 Å². The summed E-state index contributed by atoms with van der Waals surface area (Å²) in [7, 11) is 1.81. The van der Waals surface area contributed by atoms with Gasteiger partial charge in [-0.2, -0.15) is 5.10 Å². The van der Waals surface area contributed by atoms with Gasteiger partial charge in [0.1, 0.15) is 5.69 Å². The fourth-order valence-electron chi connectivity index (χ4n) is 2.25. The highest BCUT2D eigenvalue weighted by atomic mass is 35.5.